The van der Waals surface area contributed by atoms with Crippen molar-refractivity contribution >= 4 is 16.6 Å². The molecule has 0 amide bonds. The van der Waals surface area contributed by atoms with Crippen LogP contribution in [0.4, 0.5) is 0 Å². The summed E-state index contributed by atoms with van der Waals surface area (Å²) in [6.07, 6.45) is 5.84. The monoisotopic (exact) mass is 264 g/mol. The summed E-state index contributed by atoms with van der Waals surface area (Å²) in [4.78, 5) is 13.0. The minimum absolute atomic E-state index is 0.134. The fourth-order valence-corrected chi connectivity index (χ4v) is 4.68. The first-order valence-corrected chi connectivity index (χ1v) is 7.84. The van der Waals surface area contributed by atoms with Crippen molar-refractivity contribution in [2.24, 2.45) is 5.92 Å². The molecule has 0 aromatic heterocycles. The van der Waals surface area contributed by atoms with E-state index in [1.54, 1.807) is 0 Å². The Morgan fingerprint density at radius 2 is 2.00 bits per heavy atom. The first-order chi connectivity index (χ1) is 9.78. The maximum atomic E-state index is 13.0. The van der Waals surface area contributed by atoms with Crippen molar-refractivity contribution in [2.75, 3.05) is 0 Å². The second-order valence-electron chi connectivity index (χ2n) is 6.38. The third kappa shape index (κ3) is 1.36. The second kappa shape index (κ2) is 4.18. The number of benzene rings is 2. The predicted molar refractivity (Wildman–Crippen MR) is 82.2 cm³/mol. The highest BCUT2D eigenvalue weighted by atomic mass is 16.1. The molecule has 0 spiro atoms. The molecule has 2 atom stereocenters. The van der Waals surface area contributed by atoms with Gasteiger partial charge in [-0.2, -0.15) is 0 Å². The van der Waals surface area contributed by atoms with Gasteiger partial charge in [-0.15, -0.1) is 0 Å². The predicted octanol–water partition coefficient (Wildman–Crippen LogP) is 4.87. The van der Waals surface area contributed by atoms with E-state index < -0.39 is 0 Å². The molecule has 1 fully saturated rings. The lowest BCUT2D eigenvalue weighted by Crippen LogP contribution is -2.35. The minimum atomic E-state index is 0.134. The van der Waals surface area contributed by atoms with Crippen molar-refractivity contribution in [3.05, 3.63) is 47.5 Å². The summed E-state index contributed by atoms with van der Waals surface area (Å²) in [7, 11) is 0. The lowest BCUT2D eigenvalue weighted by molar-refractivity contribution is 0.0824. The zero-order valence-corrected chi connectivity index (χ0v) is 12.0. The van der Waals surface area contributed by atoms with E-state index >= 15 is 0 Å². The molecule has 0 saturated heterocycles. The Bertz CT molecular complexity index is 700. The molecule has 0 aliphatic heterocycles. The molecule has 1 saturated carbocycles. The number of fused-ring (bicyclic) bond motifs is 5. The van der Waals surface area contributed by atoms with Gasteiger partial charge < -0.3 is 0 Å². The van der Waals surface area contributed by atoms with Gasteiger partial charge in [-0.1, -0.05) is 56.2 Å². The van der Waals surface area contributed by atoms with E-state index in [1.165, 1.54) is 30.2 Å². The highest BCUT2D eigenvalue weighted by molar-refractivity contribution is 6.14. The van der Waals surface area contributed by atoms with Gasteiger partial charge in [0.05, 0.1) is 0 Å². The van der Waals surface area contributed by atoms with Gasteiger partial charge in [0, 0.05) is 16.9 Å². The highest BCUT2D eigenvalue weighted by Gasteiger charge is 2.51. The van der Waals surface area contributed by atoms with Crippen LogP contribution in [0.1, 0.15) is 54.9 Å². The third-order valence-electron chi connectivity index (χ3n) is 5.69. The summed E-state index contributed by atoms with van der Waals surface area (Å²) in [5.41, 5.74) is 2.51. The van der Waals surface area contributed by atoms with Crippen molar-refractivity contribution < 1.29 is 4.79 Å². The average Bonchev–Trinajstić information content (AvgIpc) is 2.78. The van der Waals surface area contributed by atoms with Gasteiger partial charge in [-0.05, 0) is 35.6 Å². The number of hydrogen-bond acceptors (Lipinski definition) is 1. The number of carbonyl (C=O) groups is 1. The van der Waals surface area contributed by atoms with E-state index in [9.17, 15) is 4.79 Å². The molecule has 0 N–H and O–H groups in total. The van der Waals surface area contributed by atoms with E-state index in [1.807, 2.05) is 0 Å². The summed E-state index contributed by atoms with van der Waals surface area (Å²) in [5, 5.41) is 2.36. The Labute approximate surface area is 120 Å². The SMILES string of the molecule is CC[C@@]12CCCC[C@@H]1C(=O)c1c2ccc2ccccc12. The Morgan fingerprint density at radius 1 is 1.15 bits per heavy atom. The Balaban J connectivity index is 2.05. The summed E-state index contributed by atoms with van der Waals surface area (Å²) >= 11 is 0. The van der Waals surface area contributed by atoms with Crippen molar-refractivity contribution in [2.45, 2.75) is 44.4 Å². The lowest BCUT2D eigenvalue weighted by atomic mass is 9.64. The van der Waals surface area contributed by atoms with Crippen LogP contribution < -0.4 is 0 Å². The van der Waals surface area contributed by atoms with Crippen LogP contribution in [0.5, 0.6) is 0 Å². The van der Waals surface area contributed by atoms with E-state index in [4.69, 9.17) is 0 Å². The third-order valence-corrected chi connectivity index (χ3v) is 5.69. The van der Waals surface area contributed by atoms with Gasteiger partial charge in [0.15, 0.2) is 5.78 Å². The molecule has 20 heavy (non-hydrogen) atoms. The molecule has 0 radical (unpaired) electrons. The van der Waals surface area contributed by atoms with E-state index in [2.05, 4.69) is 43.3 Å². The zero-order valence-electron chi connectivity index (χ0n) is 12.0. The molecule has 102 valence electrons. The van der Waals surface area contributed by atoms with Gasteiger partial charge in [0.2, 0.25) is 0 Å². The number of rotatable bonds is 1. The van der Waals surface area contributed by atoms with Crippen molar-refractivity contribution in [1.29, 1.82) is 0 Å². The topological polar surface area (TPSA) is 17.1 Å². The molecule has 1 nitrogen and oxygen atoms in total. The van der Waals surface area contributed by atoms with Crippen LogP contribution in [0.15, 0.2) is 36.4 Å². The number of carbonyl (C=O) groups excluding carboxylic acids is 1. The second-order valence-corrected chi connectivity index (χ2v) is 6.38. The molecule has 0 heterocycles. The number of ketones is 1. The summed E-state index contributed by atoms with van der Waals surface area (Å²) in [6, 6.07) is 12.8. The summed E-state index contributed by atoms with van der Waals surface area (Å²) < 4.78 is 0. The maximum Gasteiger partial charge on any atom is 0.167 e. The number of Topliss-reactive ketones (excluding diaryl/α,β-unsaturated/α-hetero) is 1. The Morgan fingerprint density at radius 3 is 2.85 bits per heavy atom. The molecule has 4 rings (SSSR count). The quantitative estimate of drug-likeness (QED) is 0.718. The van der Waals surface area contributed by atoms with Crippen molar-refractivity contribution in [1.82, 2.24) is 0 Å². The van der Waals surface area contributed by atoms with E-state index in [0.717, 1.165) is 23.8 Å². The Hall–Kier alpha value is -1.63. The molecule has 2 aliphatic carbocycles. The molecule has 0 bridgehead atoms. The first kappa shape index (κ1) is 12.1. The van der Waals surface area contributed by atoms with Crippen LogP contribution in [-0.4, -0.2) is 5.78 Å². The van der Waals surface area contributed by atoms with E-state index in [0.29, 0.717) is 5.78 Å². The van der Waals surface area contributed by atoms with Crippen molar-refractivity contribution in [3.8, 4) is 0 Å². The van der Waals surface area contributed by atoms with Gasteiger partial charge in [0.1, 0.15) is 0 Å². The smallest absolute Gasteiger partial charge is 0.167 e. The normalized spacial score (nSPS) is 28.4. The standard InChI is InChI=1S/C19H20O/c1-2-19-12-6-5-9-16(19)18(20)17-14-8-4-3-7-13(14)10-11-15(17)19/h3-4,7-8,10-11,16H,2,5-6,9,12H2,1H3/t16-,19+/m1/s1. The van der Waals surface area contributed by atoms with Crippen LogP contribution in [0.3, 0.4) is 0 Å². The first-order valence-electron chi connectivity index (χ1n) is 7.84. The van der Waals surface area contributed by atoms with Gasteiger partial charge in [-0.3, -0.25) is 4.79 Å². The summed E-state index contributed by atoms with van der Waals surface area (Å²) in [5.74, 6) is 0.653. The van der Waals surface area contributed by atoms with E-state index in [-0.39, 0.29) is 11.3 Å². The van der Waals surface area contributed by atoms with Crippen LogP contribution in [-0.2, 0) is 5.41 Å². The van der Waals surface area contributed by atoms with Gasteiger partial charge >= 0.3 is 0 Å². The van der Waals surface area contributed by atoms with Crippen LogP contribution in [0.2, 0.25) is 0 Å². The summed E-state index contributed by atoms with van der Waals surface area (Å²) in [6.45, 7) is 2.26. The van der Waals surface area contributed by atoms with Gasteiger partial charge in [0.25, 0.3) is 0 Å². The molecule has 1 heteroatoms. The van der Waals surface area contributed by atoms with Crippen LogP contribution in [0, 0.1) is 5.92 Å². The molecule has 2 aromatic rings. The molecule has 2 aromatic carbocycles. The fourth-order valence-electron chi connectivity index (χ4n) is 4.68. The Kier molecular flexibility index (Phi) is 2.54. The maximum absolute atomic E-state index is 13.0. The molecule has 2 aliphatic rings. The largest absolute Gasteiger partial charge is 0.294 e. The van der Waals surface area contributed by atoms with Crippen LogP contribution in [0.25, 0.3) is 10.8 Å². The zero-order chi connectivity index (χ0) is 13.7. The molecule has 0 unspecified atom stereocenters. The number of hydrogen-bond donors (Lipinski definition) is 0. The minimum Gasteiger partial charge on any atom is -0.294 e. The van der Waals surface area contributed by atoms with Gasteiger partial charge in [-0.25, -0.2) is 0 Å². The lowest BCUT2D eigenvalue weighted by Gasteiger charge is -2.38. The van der Waals surface area contributed by atoms with Crippen LogP contribution >= 0.6 is 0 Å². The fraction of sp³-hybridized carbons (Fsp3) is 0.421. The highest BCUT2D eigenvalue weighted by Crippen LogP contribution is 2.54. The molecular weight excluding hydrogens is 244 g/mol. The average molecular weight is 264 g/mol. The molecular formula is C19H20O. The van der Waals surface area contributed by atoms with Crippen molar-refractivity contribution in [3.63, 3.8) is 0 Å².